The zero-order chi connectivity index (χ0) is 15.2. The van der Waals surface area contributed by atoms with Crippen molar-refractivity contribution in [2.75, 3.05) is 31.6 Å². The van der Waals surface area contributed by atoms with Gasteiger partial charge in [-0.3, -0.25) is 0 Å². The summed E-state index contributed by atoms with van der Waals surface area (Å²) in [7, 11) is 2.21. The van der Waals surface area contributed by atoms with Crippen molar-refractivity contribution < 1.29 is 0 Å². The summed E-state index contributed by atoms with van der Waals surface area (Å²) < 4.78 is 0. The summed E-state index contributed by atoms with van der Waals surface area (Å²) in [5.74, 6) is 0. The first-order valence-electron chi connectivity index (χ1n) is 8.77. The Morgan fingerprint density at radius 3 is 2.26 bits per heavy atom. The Kier molecular flexibility index (Phi) is 11.0. The van der Waals surface area contributed by atoms with Crippen molar-refractivity contribution in [1.82, 2.24) is 4.90 Å². The molecule has 0 spiro atoms. The van der Waals surface area contributed by atoms with Crippen LogP contribution in [0.1, 0.15) is 51.2 Å². The average molecular weight is 361 g/mol. The van der Waals surface area contributed by atoms with E-state index >= 15 is 0 Å². The second-order valence-corrected chi connectivity index (χ2v) is 6.36. The first kappa shape index (κ1) is 22.6. The second-order valence-electron chi connectivity index (χ2n) is 6.36. The third-order valence-corrected chi connectivity index (χ3v) is 4.86. The minimum atomic E-state index is 0. The Balaban J connectivity index is 0.00000242. The highest BCUT2D eigenvalue weighted by Gasteiger charge is 2.25. The predicted octanol–water partition coefficient (Wildman–Crippen LogP) is 4.97. The third kappa shape index (κ3) is 5.55. The number of benzene rings is 1. The molecule has 0 N–H and O–H groups in total. The number of rotatable bonds is 7. The zero-order valence-electron chi connectivity index (χ0n) is 15.2. The highest BCUT2D eigenvalue weighted by Crippen LogP contribution is 2.31. The van der Waals surface area contributed by atoms with Crippen molar-refractivity contribution in [2.24, 2.45) is 0 Å². The van der Waals surface area contributed by atoms with Crippen molar-refractivity contribution in [3.8, 4) is 0 Å². The Bertz CT molecular complexity index is 445. The molecule has 2 nitrogen and oxygen atoms in total. The van der Waals surface area contributed by atoms with Crippen LogP contribution in [0.15, 0.2) is 18.2 Å². The molecule has 0 aliphatic heterocycles. The Labute approximate surface area is 155 Å². The average Bonchev–Trinajstić information content (AvgIpc) is 2.52. The number of anilines is 1. The van der Waals surface area contributed by atoms with Gasteiger partial charge in [0.2, 0.25) is 0 Å². The fraction of sp³-hybridized carbons (Fsp3) is 0.684. The van der Waals surface area contributed by atoms with E-state index in [-0.39, 0.29) is 24.8 Å². The summed E-state index contributed by atoms with van der Waals surface area (Å²) in [5.41, 5.74) is 4.64. The highest BCUT2D eigenvalue weighted by atomic mass is 35.5. The molecule has 1 atom stereocenters. The maximum absolute atomic E-state index is 2.72. The van der Waals surface area contributed by atoms with Crippen LogP contribution in [0, 0.1) is 0 Å². The number of hydrogen-bond donors (Lipinski definition) is 0. The minimum Gasteiger partial charge on any atom is -0.375 e. The van der Waals surface area contributed by atoms with Crippen molar-refractivity contribution in [2.45, 2.75) is 58.9 Å². The van der Waals surface area contributed by atoms with Crippen LogP contribution in [0.3, 0.4) is 0 Å². The van der Waals surface area contributed by atoms with Gasteiger partial charge in [0.1, 0.15) is 0 Å². The van der Waals surface area contributed by atoms with E-state index in [2.05, 4.69) is 55.8 Å². The van der Waals surface area contributed by atoms with Gasteiger partial charge in [-0.2, -0.15) is 0 Å². The Morgan fingerprint density at radius 2 is 1.70 bits per heavy atom. The highest BCUT2D eigenvalue weighted by molar-refractivity contribution is 5.85. The van der Waals surface area contributed by atoms with E-state index < -0.39 is 0 Å². The van der Waals surface area contributed by atoms with Crippen LogP contribution in [-0.2, 0) is 12.8 Å². The molecule has 134 valence electrons. The van der Waals surface area contributed by atoms with Crippen LogP contribution >= 0.6 is 24.8 Å². The van der Waals surface area contributed by atoms with Crippen LogP contribution in [0.25, 0.3) is 0 Å². The summed E-state index contributed by atoms with van der Waals surface area (Å²) in [6.45, 7) is 10.4. The van der Waals surface area contributed by atoms with Crippen molar-refractivity contribution >= 4 is 30.5 Å². The fourth-order valence-electron chi connectivity index (χ4n) is 3.66. The van der Waals surface area contributed by atoms with Crippen LogP contribution in [0.2, 0.25) is 0 Å². The molecule has 0 saturated heterocycles. The lowest BCUT2D eigenvalue weighted by Gasteiger charge is -2.36. The quantitative estimate of drug-likeness (QED) is 0.677. The molecule has 0 heterocycles. The lowest BCUT2D eigenvalue weighted by atomic mass is 9.86. The molecule has 0 saturated carbocycles. The number of hydrogen-bond acceptors (Lipinski definition) is 2. The smallest absolute Gasteiger partial charge is 0.0398 e. The van der Waals surface area contributed by atoms with Gasteiger partial charge >= 0.3 is 0 Å². The SMILES string of the molecule is CCCN(CCC)C1CCc2c(cccc2N(C)CC)C1.Cl.Cl. The molecule has 1 aliphatic rings. The second kappa shape index (κ2) is 11.2. The van der Waals surface area contributed by atoms with E-state index in [1.165, 1.54) is 50.9 Å². The van der Waals surface area contributed by atoms with Crippen LogP contribution in [0.4, 0.5) is 5.69 Å². The molecule has 0 radical (unpaired) electrons. The van der Waals surface area contributed by atoms with Crippen molar-refractivity contribution in [3.05, 3.63) is 29.3 Å². The van der Waals surface area contributed by atoms with Gasteiger partial charge in [-0.05, 0) is 69.3 Å². The first-order chi connectivity index (χ1) is 10.2. The van der Waals surface area contributed by atoms with Crippen molar-refractivity contribution in [1.29, 1.82) is 0 Å². The number of halogens is 2. The predicted molar refractivity (Wildman–Crippen MR) is 108 cm³/mol. The van der Waals surface area contributed by atoms with E-state index in [0.29, 0.717) is 0 Å². The van der Waals surface area contributed by atoms with Crippen LogP contribution < -0.4 is 4.90 Å². The van der Waals surface area contributed by atoms with Crippen molar-refractivity contribution in [3.63, 3.8) is 0 Å². The minimum absolute atomic E-state index is 0. The summed E-state index contributed by atoms with van der Waals surface area (Å²) in [5, 5.41) is 0. The largest absolute Gasteiger partial charge is 0.375 e. The van der Waals surface area contributed by atoms with E-state index in [0.717, 1.165) is 12.6 Å². The monoisotopic (exact) mass is 360 g/mol. The molecule has 1 unspecified atom stereocenters. The molecular formula is C19H34Cl2N2. The molecule has 0 amide bonds. The standard InChI is InChI=1S/C19H32N2.2ClH/c1-5-13-21(14-6-2)17-11-12-18-16(15-17)9-8-10-19(18)20(4)7-3;;/h8-10,17H,5-7,11-15H2,1-4H3;2*1H. The molecule has 0 bridgehead atoms. The van der Waals surface area contributed by atoms with E-state index in [4.69, 9.17) is 0 Å². The van der Waals surface area contributed by atoms with Crippen LogP contribution in [-0.4, -0.2) is 37.6 Å². The molecular weight excluding hydrogens is 327 g/mol. The lowest BCUT2D eigenvalue weighted by Crippen LogP contribution is -2.40. The van der Waals surface area contributed by atoms with Gasteiger partial charge in [-0.15, -0.1) is 24.8 Å². The molecule has 0 aromatic heterocycles. The van der Waals surface area contributed by atoms with Gasteiger partial charge < -0.3 is 9.80 Å². The summed E-state index contributed by atoms with van der Waals surface area (Å²) in [6, 6.07) is 7.63. The van der Waals surface area contributed by atoms with E-state index in [1.807, 2.05) is 0 Å². The lowest BCUT2D eigenvalue weighted by molar-refractivity contribution is 0.180. The number of fused-ring (bicyclic) bond motifs is 1. The van der Waals surface area contributed by atoms with Gasteiger partial charge in [-0.1, -0.05) is 26.0 Å². The van der Waals surface area contributed by atoms with Gasteiger partial charge in [0.05, 0.1) is 0 Å². The van der Waals surface area contributed by atoms with E-state index in [9.17, 15) is 0 Å². The van der Waals surface area contributed by atoms with Gasteiger partial charge in [0.15, 0.2) is 0 Å². The third-order valence-electron chi connectivity index (χ3n) is 4.86. The summed E-state index contributed by atoms with van der Waals surface area (Å²) in [6.07, 6.45) is 6.33. The molecule has 0 fully saturated rings. The summed E-state index contributed by atoms with van der Waals surface area (Å²) >= 11 is 0. The maximum atomic E-state index is 2.72. The first-order valence-corrected chi connectivity index (χ1v) is 8.77. The molecule has 1 aliphatic carbocycles. The molecule has 2 rings (SSSR count). The van der Waals surface area contributed by atoms with Crippen LogP contribution in [0.5, 0.6) is 0 Å². The molecule has 23 heavy (non-hydrogen) atoms. The summed E-state index contributed by atoms with van der Waals surface area (Å²) in [4.78, 5) is 5.11. The maximum Gasteiger partial charge on any atom is 0.0398 e. The van der Waals surface area contributed by atoms with Gasteiger partial charge in [-0.25, -0.2) is 0 Å². The topological polar surface area (TPSA) is 6.48 Å². The zero-order valence-corrected chi connectivity index (χ0v) is 16.8. The van der Waals surface area contributed by atoms with Gasteiger partial charge in [0, 0.05) is 25.3 Å². The Morgan fingerprint density at radius 1 is 1.04 bits per heavy atom. The fourth-order valence-corrected chi connectivity index (χ4v) is 3.66. The molecule has 4 heteroatoms. The molecule has 1 aromatic carbocycles. The van der Waals surface area contributed by atoms with Gasteiger partial charge in [0.25, 0.3) is 0 Å². The normalized spacial score (nSPS) is 16.3. The Hall–Kier alpha value is -0.440. The number of nitrogens with zero attached hydrogens (tertiary/aromatic N) is 2. The molecule has 1 aromatic rings. The van der Waals surface area contributed by atoms with E-state index in [1.54, 1.807) is 11.1 Å².